The number of thioether (sulfide) groups is 1. The molecule has 0 heterocycles. The number of terminal acetylenes is 1. The smallest absolute Gasteiger partial charge is 0.320 e. The predicted molar refractivity (Wildman–Crippen MR) is 60.3 cm³/mol. The van der Waals surface area contributed by atoms with E-state index in [4.69, 9.17) is 11.2 Å². The Labute approximate surface area is 90.0 Å². The SMILES string of the molecule is C#CCSCCNCC(=O)OC(C)C. The fraction of sp³-hybridized carbons (Fsp3) is 0.700. The van der Waals surface area contributed by atoms with E-state index < -0.39 is 0 Å². The monoisotopic (exact) mass is 215 g/mol. The van der Waals surface area contributed by atoms with Crippen LogP contribution in [0.25, 0.3) is 0 Å². The van der Waals surface area contributed by atoms with Crippen LogP contribution in [0, 0.1) is 12.3 Å². The van der Waals surface area contributed by atoms with Gasteiger partial charge in [0, 0.05) is 12.3 Å². The summed E-state index contributed by atoms with van der Waals surface area (Å²) in [5, 5.41) is 2.99. The number of hydrogen-bond donors (Lipinski definition) is 1. The van der Waals surface area contributed by atoms with Gasteiger partial charge in [0.25, 0.3) is 0 Å². The molecule has 0 spiro atoms. The minimum absolute atomic E-state index is 0.0416. The molecule has 0 aromatic carbocycles. The van der Waals surface area contributed by atoms with Crippen molar-refractivity contribution in [3.63, 3.8) is 0 Å². The summed E-state index contributed by atoms with van der Waals surface area (Å²) in [6, 6.07) is 0. The molecule has 4 heteroatoms. The summed E-state index contributed by atoms with van der Waals surface area (Å²) in [6.07, 6.45) is 5.04. The maximum atomic E-state index is 11.0. The first kappa shape index (κ1) is 13.3. The van der Waals surface area contributed by atoms with Gasteiger partial charge in [-0.1, -0.05) is 5.92 Å². The van der Waals surface area contributed by atoms with E-state index in [1.807, 2.05) is 13.8 Å². The minimum Gasteiger partial charge on any atom is -0.462 e. The Morgan fingerprint density at radius 3 is 2.93 bits per heavy atom. The number of carbonyl (C=O) groups excluding carboxylic acids is 1. The molecular weight excluding hydrogens is 198 g/mol. The number of rotatable bonds is 7. The fourth-order valence-corrected chi connectivity index (χ4v) is 1.32. The largest absolute Gasteiger partial charge is 0.462 e. The average molecular weight is 215 g/mol. The zero-order chi connectivity index (χ0) is 10.8. The summed E-state index contributed by atoms with van der Waals surface area (Å²) in [4.78, 5) is 11.0. The van der Waals surface area contributed by atoms with Gasteiger partial charge in [-0.25, -0.2) is 0 Å². The van der Waals surface area contributed by atoms with Gasteiger partial charge in [0.1, 0.15) is 0 Å². The highest BCUT2D eigenvalue weighted by Crippen LogP contribution is 1.95. The van der Waals surface area contributed by atoms with Crippen LogP contribution in [-0.2, 0) is 9.53 Å². The van der Waals surface area contributed by atoms with Gasteiger partial charge in [-0.05, 0) is 13.8 Å². The van der Waals surface area contributed by atoms with Crippen molar-refractivity contribution >= 4 is 17.7 Å². The van der Waals surface area contributed by atoms with Crippen LogP contribution in [0.4, 0.5) is 0 Å². The zero-order valence-electron chi connectivity index (χ0n) is 8.71. The minimum atomic E-state index is -0.207. The number of esters is 1. The standard InChI is InChI=1S/C10H17NO2S/c1-4-6-14-7-5-11-8-10(12)13-9(2)3/h1,9,11H,5-8H2,2-3H3. The van der Waals surface area contributed by atoms with Gasteiger partial charge < -0.3 is 10.1 Å². The molecule has 14 heavy (non-hydrogen) atoms. The molecule has 0 aliphatic carbocycles. The van der Waals surface area contributed by atoms with Crippen LogP contribution < -0.4 is 5.32 Å². The molecule has 0 saturated carbocycles. The Hall–Kier alpha value is -0.660. The number of nitrogens with one attached hydrogen (secondary N) is 1. The van der Waals surface area contributed by atoms with Gasteiger partial charge in [-0.3, -0.25) is 4.79 Å². The quantitative estimate of drug-likeness (QED) is 0.389. The van der Waals surface area contributed by atoms with E-state index >= 15 is 0 Å². The lowest BCUT2D eigenvalue weighted by Gasteiger charge is -2.08. The van der Waals surface area contributed by atoms with Crippen LogP contribution >= 0.6 is 11.8 Å². The highest BCUT2D eigenvalue weighted by Gasteiger charge is 2.03. The molecular formula is C10H17NO2S. The van der Waals surface area contributed by atoms with Crippen molar-refractivity contribution < 1.29 is 9.53 Å². The first-order valence-electron chi connectivity index (χ1n) is 4.58. The molecule has 0 bridgehead atoms. The molecule has 80 valence electrons. The molecule has 3 nitrogen and oxygen atoms in total. The summed E-state index contributed by atoms with van der Waals surface area (Å²) in [6.45, 7) is 4.72. The van der Waals surface area contributed by atoms with E-state index in [0.29, 0.717) is 0 Å². The third kappa shape index (κ3) is 9.43. The molecule has 1 N–H and O–H groups in total. The van der Waals surface area contributed by atoms with E-state index in [-0.39, 0.29) is 18.6 Å². The highest BCUT2D eigenvalue weighted by atomic mass is 32.2. The van der Waals surface area contributed by atoms with E-state index in [9.17, 15) is 4.79 Å². The number of ether oxygens (including phenoxy) is 1. The van der Waals surface area contributed by atoms with E-state index in [1.54, 1.807) is 11.8 Å². The Morgan fingerprint density at radius 1 is 1.64 bits per heavy atom. The normalized spacial score (nSPS) is 9.86. The van der Waals surface area contributed by atoms with Crippen LogP contribution in [0.5, 0.6) is 0 Å². The molecule has 0 atom stereocenters. The number of hydrogen-bond acceptors (Lipinski definition) is 4. The van der Waals surface area contributed by atoms with Crippen LogP contribution in [0.1, 0.15) is 13.8 Å². The van der Waals surface area contributed by atoms with Gasteiger partial charge in [0.2, 0.25) is 0 Å². The lowest BCUT2D eigenvalue weighted by molar-refractivity contribution is -0.146. The van der Waals surface area contributed by atoms with Gasteiger partial charge >= 0.3 is 5.97 Å². The maximum absolute atomic E-state index is 11.0. The highest BCUT2D eigenvalue weighted by molar-refractivity contribution is 7.99. The van der Waals surface area contributed by atoms with Crippen molar-refractivity contribution in [3.8, 4) is 12.3 Å². The van der Waals surface area contributed by atoms with Crippen LogP contribution in [0.3, 0.4) is 0 Å². The van der Waals surface area contributed by atoms with E-state index in [1.165, 1.54) is 0 Å². The second-order valence-corrected chi connectivity index (χ2v) is 4.08. The van der Waals surface area contributed by atoms with E-state index in [2.05, 4.69) is 11.2 Å². The first-order valence-corrected chi connectivity index (χ1v) is 5.73. The summed E-state index contributed by atoms with van der Waals surface area (Å²) >= 11 is 1.67. The molecule has 0 amide bonds. The van der Waals surface area contributed by atoms with Crippen molar-refractivity contribution in [2.24, 2.45) is 0 Å². The Balaban J connectivity index is 3.20. The molecule has 0 rings (SSSR count). The first-order chi connectivity index (χ1) is 6.66. The molecule has 0 radical (unpaired) electrons. The fourth-order valence-electron chi connectivity index (χ4n) is 0.770. The molecule has 0 unspecified atom stereocenters. The third-order valence-corrected chi connectivity index (χ3v) is 2.11. The molecule has 0 aromatic heterocycles. The second-order valence-electron chi connectivity index (χ2n) is 2.97. The maximum Gasteiger partial charge on any atom is 0.320 e. The Kier molecular flexibility index (Phi) is 8.50. The Bertz CT molecular complexity index is 199. The molecule has 0 fully saturated rings. The van der Waals surface area contributed by atoms with Gasteiger partial charge in [0.15, 0.2) is 0 Å². The molecule has 0 saturated heterocycles. The van der Waals surface area contributed by atoms with Crippen molar-refractivity contribution in [3.05, 3.63) is 0 Å². The zero-order valence-corrected chi connectivity index (χ0v) is 9.52. The lowest BCUT2D eigenvalue weighted by atomic mass is 10.5. The summed E-state index contributed by atoms with van der Waals surface area (Å²) in [5.74, 6) is 3.97. The third-order valence-electron chi connectivity index (χ3n) is 1.25. The Morgan fingerprint density at radius 2 is 2.36 bits per heavy atom. The second kappa shape index (κ2) is 8.92. The van der Waals surface area contributed by atoms with Crippen LogP contribution in [0.15, 0.2) is 0 Å². The lowest BCUT2D eigenvalue weighted by Crippen LogP contribution is -2.28. The van der Waals surface area contributed by atoms with Gasteiger partial charge in [0.05, 0.1) is 18.4 Å². The van der Waals surface area contributed by atoms with E-state index in [0.717, 1.165) is 18.1 Å². The van der Waals surface area contributed by atoms with Crippen molar-refractivity contribution in [1.29, 1.82) is 0 Å². The summed E-state index contributed by atoms with van der Waals surface area (Å²) in [7, 11) is 0. The van der Waals surface area contributed by atoms with Crippen molar-refractivity contribution in [1.82, 2.24) is 5.32 Å². The average Bonchev–Trinajstić information content (AvgIpc) is 2.10. The van der Waals surface area contributed by atoms with Crippen molar-refractivity contribution in [2.75, 3.05) is 24.6 Å². The summed E-state index contributed by atoms with van der Waals surface area (Å²) < 4.78 is 4.94. The predicted octanol–water partition coefficient (Wildman–Crippen LogP) is 0.894. The topological polar surface area (TPSA) is 38.3 Å². The van der Waals surface area contributed by atoms with Gasteiger partial charge in [-0.2, -0.15) is 0 Å². The molecule has 0 aliphatic rings. The molecule has 0 aromatic rings. The number of carbonyl (C=O) groups is 1. The molecule has 0 aliphatic heterocycles. The summed E-state index contributed by atoms with van der Waals surface area (Å²) in [5.41, 5.74) is 0. The van der Waals surface area contributed by atoms with Crippen LogP contribution in [0.2, 0.25) is 0 Å². The van der Waals surface area contributed by atoms with Crippen LogP contribution in [-0.4, -0.2) is 36.7 Å². The van der Waals surface area contributed by atoms with Gasteiger partial charge in [-0.15, -0.1) is 18.2 Å². The van der Waals surface area contributed by atoms with Crippen molar-refractivity contribution in [2.45, 2.75) is 20.0 Å².